The van der Waals surface area contributed by atoms with Crippen LogP contribution in [0.5, 0.6) is 0 Å². The molecule has 1 aliphatic rings. The summed E-state index contributed by atoms with van der Waals surface area (Å²) < 4.78 is 12.0. The van der Waals surface area contributed by atoms with E-state index in [4.69, 9.17) is 14.3 Å². The summed E-state index contributed by atoms with van der Waals surface area (Å²) in [7, 11) is 1.48. The summed E-state index contributed by atoms with van der Waals surface area (Å²) in [6.07, 6.45) is 0. The van der Waals surface area contributed by atoms with Crippen molar-refractivity contribution >= 4 is 5.91 Å². The van der Waals surface area contributed by atoms with Gasteiger partial charge >= 0.3 is 5.91 Å². The lowest BCUT2D eigenvalue weighted by Crippen LogP contribution is -2.87. The van der Waals surface area contributed by atoms with Crippen LogP contribution >= 0.6 is 0 Å². The van der Waals surface area contributed by atoms with E-state index in [0.29, 0.717) is 13.2 Å². The Balaban J connectivity index is 1.99. The van der Waals surface area contributed by atoms with Crippen LogP contribution in [0.3, 0.4) is 0 Å². The zero-order valence-corrected chi connectivity index (χ0v) is 13.9. The fraction of sp³-hybridized carbons (Fsp3) is 0.316. The van der Waals surface area contributed by atoms with Gasteiger partial charge in [-0.1, -0.05) is 48.5 Å². The van der Waals surface area contributed by atoms with E-state index in [1.165, 1.54) is 12.6 Å². The molecule has 0 bridgehead atoms. The normalized spacial score (nSPS) is 17.6. The molecule has 5 nitrogen and oxygen atoms in total. The molecule has 0 aromatic heterocycles. The lowest BCUT2D eigenvalue weighted by Gasteiger charge is -2.29. The molecule has 0 saturated carbocycles. The highest BCUT2D eigenvalue weighted by Gasteiger charge is 2.41. The first-order chi connectivity index (χ1) is 11.7. The third-order valence-corrected chi connectivity index (χ3v) is 4.28. The Morgan fingerprint density at radius 2 is 1.75 bits per heavy atom. The van der Waals surface area contributed by atoms with E-state index < -0.39 is 5.79 Å². The minimum absolute atomic E-state index is 0.0725. The molecule has 1 heterocycles. The molecule has 24 heavy (non-hydrogen) atoms. The third-order valence-electron chi connectivity index (χ3n) is 4.28. The first-order valence-corrected chi connectivity index (χ1v) is 8.01. The average Bonchev–Trinajstić information content (AvgIpc) is 3.13. The van der Waals surface area contributed by atoms with Crippen LogP contribution in [0.15, 0.2) is 54.6 Å². The summed E-state index contributed by atoms with van der Waals surface area (Å²) in [5, 5.41) is 0. The maximum absolute atomic E-state index is 12.1. The van der Waals surface area contributed by atoms with Gasteiger partial charge < -0.3 is 9.47 Å². The number of amides is 1. The number of primary amides is 1. The minimum Gasteiger partial charge on any atom is -0.340 e. The molecule has 0 radical (unpaired) electrons. The number of benzene rings is 2. The molecular formula is C19H22NO4+. The first kappa shape index (κ1) is 16.8. The van der Waals surface area contributed by atoms with Gasteiger partial charge in [-0.3, -0.25) is 0 Å². The largest absolute Gasteiger partial charge is 0.349 e. The Hall–Kier alpha value is -2.05. The molecule has 1 amide bonds. The Bertz CT molecular complexity index is 696. The topological polar surface area (TPSA) is 61.4 Å². The number of quaternary nitrogens is 1. The molecule has 2 aromatic carbocycles. The molecule has 1 fully saturated rings. The van der Waals surface area contributed by atoms with Gasteiger partial charge in [0.2, 0.25) is 5.79 Å². The molecule has 0 aliphatic carbocycles. The van der Waals surface area contributed by atoms with Crippen molar-refractivity contribution in [2.24, 2.45) is 0 Å². The van der Waals surface area contributed by atoms with Gasteiger partial charge in [-0.15, -0.1) is 5.48 Å². The maximum atomic E-state index is 12.1. The molecule has 1 atom stereocenters. The van der Waals surface area contributed by atoms with Gasteiger partial charge in [0, 0.05) is 11.1 Å². The van der Waals surface area contributed by atoms with Crippen molar-refractivity contribution in [1.29, 1.82) is 0 Å². The summed E-state index contributed by atoms with van der Waals surface area (Å²) in [5.74, 6) is -1.28. The Morgan fingerprint density at radius 1 is 1.08 bits per heavy atom. The third kappa shape index (κ3) is 3.12. The molecule has 1 unspecified atom stereocenters. The van der Waals surface area contributed by atoms with Crippen molar-refractivity contribution in [2.45, 2.75) is 18.6 Å². The van der Waals surface area contributed by atoms with Gasteiger partial charge in [-0.05, 0) is 18.6 Å². The number of hydrogen-bond donors (Lipinski definition) is 1. The second-order valence-electron chi connectivity index (χ2n) is 5.78. The number of hydrogen-bond acceptors (Lipinski definition) is 4. The van der Waals surface area contributed by atoms with Crippen molar-refractivity contribution in [3.8, 4) is 0 Å². The van der Waals surface area contributed by atoms with Crippen LogP contribution in [-0.4, -0.2) is 26.2 Å². The minimum atomic E-state index is -0.912. The smallest absolute Gasteiger partial charge is 0.340 e. The summed E-state index contributed by atoms with van der Waals surface area (Å²) >= 11 is 0. The molecule has 2 aromatic rings. The fourth-order valence-electron chi connectivity index (χ4n) is 2.97. The number of ether oxygens (including phenoxy) is 2. The highest BCUT2D eigenvalue weighted by molar-refractivity contribution is 5.74. The van der Waals surface area contributed by atoms with Crippen LogP contribution < -0.4 is 5.48 Å². The highest BCUT2D eigenvalue weighted by Crippen LogP contribution is 2.39. The van der Waals surface area contributed by atoms with Gasteiger partial charge in [0.1, 0.15) is 0 Å². The van der Waals surface area contributed by atoms with Gasteiger partial charge in [0.25, 0.3) is 0 Å². The monoisotopic (exact) mass is 328 g/mol. The maximum Gasteiger partial charge on any atom is 0.349 e. The van der Waals surface area contributed by atoms with Crippen molar-refractivity contribution in [1.82, 2.24) is 0 Å². The van der Waals surface area contributed by atoms with Crippen LogP contribution in [0.25, 0.3) is 0 Å². The van der Waals surface area contributed by atoms with Crippen LogP contribution in [0.2, 0.25) is 0 Å². The average molecular weight is 328 g/mol. The zero-order chi connectivity index (χ0) is 17.0. The Labute approximate surface area is 141 Å². The second-order valence-corrected chi connectivity index (χ2v) is 5.78. The van der Waals surface area contributed by atoms with Crippen molar-refractivity contribution in [3.63, 3.8) is 0 Å². The zero-order valence-electron chi connectivity index (χ0n) is 13.9. The molecule has 0 spiro atoms. The van der Waals surface area contributed by atoms with E-state index >= 15 is 0 Å². The lowest BCUT2D eigenvalue weighted by molar-refractivity contribution is -0.820. The van der Waals surface area contributed by atoms with E-state index in [0.717, 1.165) is 16.7 Å². The fourth-order valence-corrected chi connectivity index (χ4v) is 2.97. The standard InChI is InChI=1S/C19H21NO4/c1-14(18(21)20-22-2)15-7-6-10-17(13-15)19(23-11-12-24-19)16-8-4-3-5-9-16/h3-10,13-14H,11-12H2,1-2H3,(H,20,21)/p+1. The van der Waals surface area contributed by atoms with Gasteiger partial charge in [-0.25, -0.2) is 9.63 Å². The van der Waals surface area contributed by atoms with Gasteiger partial charge in [0.15, 0.2) is 0 Å². The predicted octanol–water partition coefficient (Wildman–Crippen LogP) is 1.69. The van der Waals surface area contributed by atoms with Crippen molar-refractivity contribution in [3.05, 3.63) is 71.3 Å². The van der Waals surface area contributed by atoms with Crippen molar-refractivity contribution < 1.29 is 24.6 Å². The summed E-state index contributed by atoms with van der Waals surface area (Å²) in [6.45, 7) is 2.93. The van der Waals surface area contributed by atoms with E-state index in [1.807, 2.05) is 61.5 Å². The van der Waals surface area contributed by atoms with Crippen LogP contribution in [0.4, 0.5) is 0 Å². The van der Waals surface area contributed by atoms with E-state index in [1.54, 1.807) is 0 Å². The Kier molecular flexibility index (Phi) is 5.06. The number of carbonyl (C=O) groups is 1. The van der Waals surface area contributed by atoms with Gasteiger partial charge in [0.05, 0.1) is 26.2 Å². The predicted molar refractivity (Wildman–Crippen MR) is 87.9 cm³/mol. The second kappa shape index (κ2) is 7.23. The van der Waals surface area contributed by atoms with E-state index in [-0.39, 0.29) is 11.8 Å². The number of rotatable bonds is 5. The molecule has 126 valence electrons. The van der Waals surface area contributed by atoms with Gasteiger partial charge in [-0.2, -0.15) is 0 Å². The molecule has 3 rings (SSSR count). The number of hydroxylamine groups is 1. The van der Waals surface area contributed by atoms with Crippen LogP contribution in [0, 0.1) is 0 Å². The number of carbonyl (C=O) groups excluding carboxylic acids is 1. The Morgan fingerprint density at radius 3 is 2.42 bits per heavy atom. The van der Waals surface area contributed by atoms with E-state index in [9.17, 15) is 4.79 Å². The van der Waals surface area contributed by atoms with Crippen LogP contribution in [-0.2, 0) is 24.9 Å². The quantitative estimate of drug-likeness (QED) is 0.849. The summed E-state index contributed by atoms with van der Waals surface area (Å²) in [4.78, 5) is 16.9. The number of nitrogens with two attached hydrogens (primary N) is 1. The summed E-state index contributed by atoms with van der Waals surface area (Å²) in [6, 6.07) is 17.7. The molecule has 5 heteroatoms. The molecule has 1 saturated heterocycles. The molecule has 1 aliphatic heterocycles. The van der Waals surface area contributed by atoms with Crippen LogP contribution in [0.1, 0.15) is 29.5 Å². The highest BCUT2D eigenvalue weighted by atomic mass is 16.7. The first-order valence-electron chi connectivity index (χ1n) is 8.01. The molecular weight excluding hydrogens is 306 g/mol. The lowest BCUT2D eigenvalue weighted by atomic mass is 9.92. The molecule has 2 N–H and O–H groups in total. The SMILES string of the molecule is CO[NH2+]C(=O)C(C)c1cccc(C2(c3ccccc3)OCCO2)c1. The van der Waals surface area contributed by atoms with E-state index in [2.05, 4.69) is 0 Å². The summed E-state index contributed by atoms with van der Waals surface area (Å²) in [5.41, 5.74) is 3.98. The van der Waals surface area contributed by atoms with Crippen molar-refractivity contribution in [2.75, 3.05) is 20.3 Å².